The molecule has 2 N–H and O–H groups in total. The van der Waals surface area contributed by atoms with Crippen molar-refractivity contribution < 1.29 is 14.1 Å². The summed E-state index contributed by atoms with van der Waals surface area (Å²) < 4.78 is 10.0. The van der Waals surface area contributed by atoms with Gasteiger partial charge in [0.2, 0.25) is 0 Å². The lowest BCUT2D eigenvalue weighted by Gasteiger charge is -2.08. The first-order valence-corrected chi connectivity index (χ1v) is 7.62. The Hall–Kier alpha value is -3.13. The maximum atomic E-state index is 12.2. The van der Waals surface area contributed by atoms with E-state index in [1.54, 1.807) is 43.3 Å². The summed E-state index contributed by atoms with van der Waals surface area (Å²) in [7, 11) is 1.52. The summed E-state index contributed by atoms with van der Waals surface area (Å²) in [5, 5.41) is 17.6. The molecule has 0 aliphatic carbocycles. The van der Waals surface area contributed by atoms with Crippen LogP contribution in [0.15, 0.2) is 40.9 Å². The van der Waals surface area contributed by atoms with E-state index in [0.717, 1.165) is 0 Å². The normalized spacial score (nSPS) is 10.4. The number of methoxy groups -OCH3 is 1. The van der Waals surface area contributed by atoms with Crippen LogP contribution >= 0.6 is 11.6 Å². The lowest BCUT2D eigenvalue weighted by molar-refractivity contribution is 0.102. The number of hydrogen-bond acceptors (Lipinski definition) is 7. The molecule has 1 amide bonds. The van der Waals surface area contributed by atoms with Crippen molar-refractivity contribution in [3.63, 3.8) is 0 Å². The number of carbonyl (C=O) groups excluding carboxylic acids is 1. The maximum Gasteiger partial charge on any atom is 0.276 e. The zero-order valence-corrected chi connectivity index (χ0v) is 14.2. The van der Waals surface area contributed by atoms with Gasteiger partial charge in [0.1, 0.15) is 11.5 Å². The molecule has 0 aliphatic heterocycles. The SMILES string of the molecule is COc1ccc(NC(=O)c2ccc(Nc3cc(C)on3)nn2)cc1Cl. The Kier molecular flexibility index (Phi) is 4.80. The number of hydrogen-bond donors (Lipinski definition) is 2. The smallest absolute Gasteiger partial charge is 0.276 e. The van der Waals surface area contributed by atoms with E-state index < -0.39 is 5.91 Å². The van der Waals surface area contributed by atoms with Gasteiger partial charge in [-0.15, -0.1) is 10.2 Å². The van der Waals surface area contributed by atoms with Gasteiger partial charge in [0.25, 0.3) is 5.91 Å². The van der Waals surface area contributed by atoms with E-state index >= 15 is 0 Å². The molecule has 0 spiro atoms. The molecule has 0 fully saturated rings. The molecular formula is C16H14ClN5O3. The van der Waals surface area contributed by atoms with E-state index in [1.807, 2.05) is 0 Å². The highest BCUT2D eigenvalue weighted by molar-refractivity contribution is 6.32. The Morgan fingerprint density at radius 2 is 2.00 bits per heavy atom. The third-order valence-corrected chi connectivity index (χ3v) is 3.49. The molecule has 0 saturated carbocycles. The molecule has 25 heavy (non-hydrogen) atoms. The Labute approximate surface area is 148 Å². The highest BCUT2D eigenvalue weighted by atomic mass is 35.5. The molecule has 128 valence electrons. The Morgan fingerprint density at radius 3 is 2.60 bits per heavy atom. The summed E-state index contributed by atoms with van der Waals surface area (Å²) >= 11 is 6.03. The molecule has 0 aliphatic rings. The zero-order valence-electron chi connectivity index (χ0n) is 13.4. The number of aromatic nitrogens is 3. The second-order valence-electron chi connectivity index (χ2n) is 5.06. The first-order chi connectivity index (χ1) is 12.0. The van der Waals surface area contributed by atoms with E-state index in [4.69, 9.17) is 20.9 Å². The minimum Gasteiger partial charge on any atom is -0.495 e. The fourth-order valence-corrected chi connectivity index (χ4v) is 2.27. The van der Waals surface area contributed by atoms with E-state index in [1.165, 1.54) is 7.11 Å². The summed E-state index contributed by atoms with van der Waals surface area (Å²) in [5.41, 5.74) is 0.687. The highest BCUT2D eigenvalue weighted by Gasteiger charge is 2.11. The molecule has 3 aromatic rings. The van der Waals surface area contributed by atoms with Gasteiger partial charge in [-0.3, -0.25) is 4.79 Å². The van der Waals surface area contributed by atoms with Crippen molar-refractivity contribution in [3.8, 4) is 5.75 Å². The predicted molar refractivity (Wildman–Crippen MR) is 92.5 cm³/mol. The molecule has 0 bridgehead atoms. The third kappa shape index (κ3) is 4.04. The van der Waals surface area contributed by atoms with E-state index in [-0.39, 0.29) is 5.69 Å². The minimum atomic E-state index is -0.405. The van der Waals surface area contributed by atoms with Crippen molar-refractivity contribution in [3.05, 3.63) is 52.9 Å². The van der Waals surface area contributed by atoms with Crippen LogP contribution in [0, 0.1) is 6.92 Å². The summed E-state index contributed by atoms with van der Waals surface area (Å²) in [6, 6.07) is 9.81. The van der Waals surface area contributed by atoms with Gasteiger partial charge in [-0.25, -0.2) is 0 Å². The lowest BCUT2D eigenvalue weighted by atomic mass is 10.3. The molecule has 8 nitrogen and oxygen atoms in total. The Morgan fingerprint density at radius 1 is 1.16 bits per heavy atom. The van der Waals surface area contributed by atoms with Gasteiger partial charge in [-0.05, 0) is 37.3 Å². The molecule has 9 heteroatoms. The highest BCUT2D eigenvalue weighted by Crippen LogP contribution is 2.27. The van der Waals surface area contributed by atoms with Gasteiger partial charge in [0.15, 0.2) is 17.3 Å². The van der Waals surface area contributed by atoms with E-state index in [0.29, 0.717) is 33.9 Å². The molecule has 0 atom stereocenters. The van der Waals surface area contributed by atoms with Crippen LogP contribution in [0.4, 0.5) is 17.3 Å². The van der Waals surface area contributed by atoms with Crippen LogP contribution in [0.3, 0.4) is 0 Å². The summed E-state index contributed by atoms with van der Waals surface area (Å²) in [4.78, 5) is 12.2. The quantitative estimate of drug-likeness (QED) is 0.719. The third-order valence-electron chi connectivity index (χ3n) is 3.19. The summed E-state index contributed by atoms with van der Waals surface area (Å²) in [6.07, 6.45) is 0. The van der Waals surface area contributed by atoms with E-state index in [2.05, 4.69) is 26.0 Å². The topological polar surface area (TPSA) is 102 Å². The number of amides is 1. The Balaban J connectivity index is 1.67. The first-order valence-electron chi connectivity index (χ1n) is 7.24. The fourth-order valence-electron chi connectivity index (χ4n) is 2.02. The molecule has 0 saturated heterocycles. The van der Waals surface area contributed by atoms with Crippen LogP contribution in [-0.4, -0.2) is 28.4 Å². The summed E-state index contributed by atoms with van der Waals surface area (Å²) in [6.45, 7) is 1.78. The molecule has 0 radical (unpaired) electrons. The number of benzene rings is 1. The van der Waals surface area contributed by atoms with Gasteiger partial charge in [0, 0.05) is 11.8 Å². The maximum absolute atomic E-state index is 12.2. The van der Waals surface area contributed by atoms with Crippen LogP contribution in [0.5, 0.6) is 5.75 Å². The largest absolute Gasteiger partial charge is 0.495 e. The van der Waals surface area contributed by atoms with Gasteiger partial charge in [-0.1, -0.05) is 16.8 Å². The van der Waals surface area contributed by atoms with Crippen molar-refractivity contribution in [1.82, 2.24) is 15.4 Å². The number of nitrogens with zero attached hydrogens (tertiary/aromatic N) is 3. The van der Waals surface area contributed by atoms with Crippen LogP contribution in [0.1, 0.15) is 16.2 Å². The van der Waals surface area contributed by atoms with Gasteiger partial charge in [-0.2, -0.15) is 0 Å². The number of ether oxygens (including phenoxy) is 1. The average molecular weight is 360 g/mol. The van der Waals surface area contributed by atoms with Gasteiger partial charge in [0.05, 0.1) is 12.1 Å². The fraction of sp³-hybridized carbons (Fsp3) is 0.125. The van der Waals surface area contributed by atoms with Crippen LogP contribution in [0.25, 0.3) is 0 Å². The zero-order chi connectivity index (χ0) is 17.8. The number of aryl methyl sites for hydroxylation is 1. The van der Waals surface area contributed by atoms with Crippen LogP contribution in [0.2, 0.25) is 5.02 Å². The van der Waals surface area contributed by atoms with Crippen LogP contribution in [-0.2, 0) is 0 Å². The van der Waals surface area contributed by atoms with Gasteiger partial charge < -0.3 is 19.9 Å². The van der Waals surface area contributed by atoms with Crippen molar-refractivity contribution in [1.29, 1.82) is 0 Å². The number of halogens is 1. The molecule has 2 aromatic heterocycles. The van der Waals surface area contributed by atoms with E-state index in [9.17, 15) is 4.79 Å². The second kappa shape index (κ2) is 7.18. The monoisotopic (exact) mass is 359 g/mol. The standard InChI is InChI=1S/C16H14ClN5O3/c1-9-7-15(22-25-9)19-14-6-4-12(20-21-14)16(23)18-10-3-5-13(24-2)11(17)8-10/h3-8H,1-2H3,(H,18,23)(H,19,21,22). The second-order valence-corrected chi connectivity index (χ2v) is 5.46. The molecule has 2 heterocycles. The first kappa shape index (κ1) is 16.7. The molecule has 0 unspecified atom stereocenters. The number of carbonyl (C=O) groups is 1. The van der Waals surface area contributed by atoms with Gasteiger partial charge >= 0.3 is 0 Å². The molecular weight excluding hydrogens is 346 g/mol. The van der Waals surface area contributed by atoms with Crippen molar-refractivity contribution in [2.45, 2.75) is 6.92 Å². The van der Waals surface area contributed by atoms with Crippen molar-refractivity contribution in [2.75, 3.05) is 17.7 Å². The van der Waals surface area contributed by atoms with Crippen molar-refractivity contribution in [2.24, 2.45) is 0 Å². The lowest BCUT2D eigenvalue weighted by Crippen LogP contribution is -2.14. The molecule has 3 rings (SSSR count). The summed E-state index contributed by atoms with van der Waals surface area (Å²) in [5.74, 6) is 1.74. The average Bonchev–Trinajstić information content (AvgIpc) is 3.00. The number of rotatable bonds is 5. The van der Waals surface area contributed by atoms with Crippen LogP contribution < -0.4 is 15.4 Å². The predicted octanol–water partition coefficient (Wildman–Crippen LogP) is 3.43. The molecule has 1 aromatic carbocycles. The number of nitrogens with one attached hydrogen (secondary N) is 2. The number of anilines is 3. The van der Waals surface area contributed by atoms with Crippen molar-refractivity contribution >= 4 is 34.8 Å². The Bertz CT molecular complexity index is 895. The minimum absolute atomic E-state index is 0.161.